The van der Waals surface area contributed by atoms with Crippen LogP contribution in [0.2, 0.25) is 0 Å². The van der Waals surface area contributed by atoms with E-state index in [0.717, 1.165) is 18.9 Å². The maximum Gasteiger partial charge on any atom is 0.345 e. The zero-order valence-electron chi connectivity index (χ0n) is 10.9. The van der Waals surface area contributed by atoms with Gasteiger partial charge in [-0.25, -0.2) is 4.79 Å². The van der Waals surface area contributed by atoms with Crippen LogP contribution in [0.3, 0.4) is 0 Å². The first kappa shape index (κ1) is 17.4. The van der Waals surface area contributed by atoms with Gasteiger partial charge in [-0.15, -0.1) is 0 Å². The summed E-state index contributed by atoms with van der Waals surface area (Å²) >= 11 is 0.943. The lowest BCUT2D eigenvalue weighted by atomic mass is 10.2. The highest BCUT2D eigenvalue weighted by atomic mass is 32.2. The van der Waals surface area contributed by atoms with Gasteiger partial charge in [-0.3, -0.25) is 14.4 Å². The summed E-state index contributed by atoms with van der Waals surface area (Å²) in [6.07, 6.45) is -2.13. The summed E-state index contributed by atoms with van der Waals surface area (Å²) in [6, 6.07) is 0. The van der Waals surface area contributed by atoms with E-state index >= 15 is 0 Å². The van der Waals surface area contributed by atoms with Crippen LogP contribution in [0.5, 0.6) is 0 Å². The number of hydrogen-bond acceptors (Lipinski definition) is 7. The fraction of sp³-hybridized carbons (Fsp3) is 0.636. The first-order valence-corrected chi connectivity index (χ1v) is 6.40. The molecule has 7 nitrogen and oxygen atoms in total. The van der Waals surface area contributed by atoms with Crippen molar-refractivity contribution in [3.05, 3.63) is 0 Å². The number of aliphatic carboxylic acids is 1. The molecule has 1 N–H and O–H groups in total. The van der Waals surface area contributed by atoms with Gasteiger partial charge in [0.15, 0.2) is 5.12 Å². The third-order valence-corrected chi connectivity index (χ3v) is 3.13. The lowest BCUT2D eigenvalue weighted by Crippen LogP contribution is -2.32. The Labute approximate surface area is 114 Å². The number of ether oxygens (including phenoxy) is 2. The second-order valence-electron chi connectivity index (χ2n) is 3.75. The van der Waals surface area contributed by atoms with Crippen LogP contribution in [0.25, 0.3) is 0 Å². The van der Waals surface area contributed by atoms with Gasteiger partial charge in [-0.1, -0.05) is 18.7 Å². The third kappa shape index (κ3) is 7.45. The van der Waals surface area contributed by atoms with E-state index in [1.165, 1.54) is 13.8 Å². The minimum Gasteiger partial charge on any atom is -0.478 e. The summed E-state index contributed by atoms with van der Waals surface area (Å²) in [5, 5.41) is 8.67. The van der Waals surface area contributed by atoms with Gasteiger partial charge >= 0.3 is 17.9 Å². The molecule has 0 aromatic heterocycles. The quantitative estimate of drug-likeness (QED) is 0.674. The van der Waals surface area contributed by atoms with E-state index in [0.29, 0.717) is 0 Å². The van der Waals surface area contributed by atoms with Crippen molar-refractivity contribution in [3.63, 3.8) is 0 Å². The molecule has 0 aliphatic carbocycles. The molecule has 0 heterocycles. The molecule has 19 heavy (non-hydrogen) atoms. The maximum absolute atomic E-state index is 11.6. The molecule has 0 aromatic rings. The molecule has 0 saturated heterocycles. The summed E-state index contributed by atoms with van der Waals surface area (Å²) in [6.45, 7) is 2.87. The Morgan fingerprint density at radius 1 is 1.26 bits per heavy atom. The van der Waals surface area contributed by atoms with Crippen molar-refractivity contribution in [2.75, 3.05) is 12.9 Å². The van der Waals surface area contributed by atoms with Gasteiger partial charge in [0.05, 0.1) is 19.4 Å². The molecule has 2 atom stereocenters. The lowest BCUT2D eigenvalue weighted by molar-refractivity contribution is -0.169. The molecule has 0 amide bonds. The zero-order valence-corrected chi connectivity index (χ0v) is 11.7. The number of hydrogen-bond donors (Lipinski definition) is 1. The smallest absolute Gasteiger partial charge is 0.345 e. The van der Waals surface area contributed by atoms with Crippen LogP contribution < -0.4 is 0 Å². The van der Waals surface area contributed by atoms with E-state index in [2.05, 4.69) is 4.74 Å². The van der Waals surface area contributed by atoms with Gasteiger partial charge in [-0.05, 0) is 0 Å². The number of carboxylic acid groups (broad SMARTS) is 1. The molecule has 0 aliphatic heterocycles. The van der Waals surface area contributed by atoms with Crippen molar-refractivity contribution in [1.82, 2.24) is 0 Å². The van der Waals surface area contributed by atoms with E-state index in [-0.39, 0.29) is 10.9 Å². The van der Waals surface area contributed by atoms with Crippen LogP contribution in [-0.4, -0.2) is 47.1 Å². The standard InChI is InChI=1S/C11H16O7S/c1-6(5-19-7(2)12)11(16)18-8(10(14)15)4-9(13)17-3/h6,8H,4-5H2,1-3H3,(H,14,15)/t6-,8+/m1/s1. The summed E-state index contributed by atoms with van der Waals surface area (Å²) in [7, 11) is 1.11. The zero-order chi connectivity index (χ0) is 15.0. The molecular weight excluding hydrogens is 276 g/mol. The van der Waals surface area contributed by atoms with Crippen molar-refractivity contribution >= 4 is 34.8 Å². The predicted octanol–water partition coefficient (Wildman–Crippen LogP) is 0.462. The summed E-state index contributed by atoms with van der Waals surface area (Å²) in [5.41, 5.74) is 0. The normalized spacial score (nSPS) is 13.2. The number of methoxy groups -OCH3 is 1. The molecule has 0 rings (SSSR count). The van der Waals surface area contributed by atoms with Gasteiger partial charge in [0.25, 0.3) is 0 Å². The van der Waals surface area contributed by atoms with E-state index in [1.807, 2.05) is 0 Å². The fourth-order valence-corrected chi connectivity index (χ4v) is 1.60. The van der Waals surface area contributed by atoms with E-state index in [1.54, 1.807) is 0 Å². The van der Waals surface area contributed by atoms with E-state index < -0.39 is 36.4 Å². The van der Waals surface area contributed by atoms with Crippen LogP contribution in [0, 0.1) is 5.92 Å². The van der Waals surface area contributed by atoms with Crippen molar-refractivity contribution in [2.45, 2.75) is 26.4 Å². The van der Waals surface area contributed by atoms with Crippen LogP contribution in [0.1, 0.15) is 20.3 Å². The summed E-state index contributed by atoms with van der Waals surface area (Å²) in [5.74, 6) is -3.44. The summed E-state index contributed by atoms with van der Waals surface area (Å²) in [4.78, 5) is 44.1. The van der Waals surface area contributed by atoms with Crippen molar-refractivity contribution in [1.29, 1.82) is 0 Å². The molecule has 0 radical (unpaired) electrons. The number of rotatable bonds is 7. The minimum atomic E-state index is -1.58. The van der Waals surface area contributed by atoms with Gasteiger partial charge in [0.1, 0.15) is 0 Å². The third-order valence-electron chi connectivity index (χ3n) is 2.05. The van der Waals surface area contributed by atoms with Gasteiger partial charge in [0, 0.05) is 12.7 Å². The fourth-order valence-electron chi connectivity index (χ4n) is 0.981. The highest BCUT2D eigenvalue weighted by Gasteiger charge is 2.28. The molecule has 0 unspecified atom stereocenters. The topological polar surface area (TPSA) is 107 Å². The highest BCUT2D eigenvalue weighted by molar-refractivity contribution is 8.13. The van der Waals surface area contributed by atoms with Crippen molar-refractivity contribution in [2.24, 2.45) is 5.92 Å². The first-order chi connectivity index (χ1) is 8.77. The lowest BCUT2D eigenvalue weighted by Gasteiger charge is -2.15. The Hall–Kier alpha value is -1.57. The van der Waals surface area contributed by atoms with E-state index in [9.17, 15) is 19.2 Å². The Morgan fingerprint density at radius 2 is 1.84 bits per heavy atom. The first-order valence-electron chi connectivity index (χ1n) is 5.41. The van der Waals surface area contributed by atoms with Crippen LogP contribution in [-0.2, 0) is 28.7 Å². The maximum atomic E-state index is 11.6. The van der Waals surface area contributed by atoms with Gasteiger partial charge in [-0.2, -0.15) is 0 Å². The Morgan fingerprint density at radius 3 is 2.26 bits per heavy atom. The molecule has 0 aliphatic rings. The second-order valence-corrected chi connectivity index (χ2v) is 4.94. The Kier molecular flexibility index (Phi) is 7.81. The SMILES string of the molecule is COC(=O)C[C@H](OC(=O)[C@H](C)CSC(C)=O)C(=O)O. The molecule has 108 valence electrons. The second kappa shape index (κ2) is 8.52. The van der Waals surface area contributed by atoms with Gasteiger partial charge in [0.2, 0.25) is 6.10 Å². The van der Waals surface area contributed by atoms with Crippen LogP contribution in [0.4, 0.5) is 0 Å². The molecular formula is C11H16O7S. The number of thioether (sulfide) groups is 1. The highest BCUT2D eigenvalue weighted by Crippen LogP contribution is 2.13. The van der Waals surface area contributed by atoms with E-state index in [4.69, 9.17) is 9.84 Å². The number of carbonyl (C=O) groups excluding carboxylic acids is 3. The number of carbonyl (C=O) groups is 4. The average molecular weight is 292 g/mol. The molecule has 0 spiro atoms. The van der Waals surface area contributed by atoms with Crippen LogP contribution in [0.15, 0.2) is 0 Å². The minimum absolute atomic E-state index is 0.149. The number of carboxylic acids is 1. The monoisotopic (exact) mass is 292 g/mol. The van der Waals surface area contributed by atoms with Crippen LogP contribution >= 0.6 is 11.8 Å². The Balaban J connectivity index is 4.42. The van der Waals surface area contributed by atoms with Crippen molar-refractivity contribution in [3.8, 4) is 0 Å². The average Bonchev–Trinajstić information content (AvgIpc) is 2.34. The molecule has 0 bridgehead atoms. The van der Waals surface area contributed by atoms with Gasteiger partial charge < -0.3 is 14.6 Å². The molecule has 0 saturated carbocycles. The number of esters is 2. The molecule has 0 fully saturated rings. The largest absolute Gasteiger partial charge is 0.478 e. The van der Waals surface area contributed by atoms with Crippen molar-refractivity contribution < 1.29 is 33.8 Å². The molecule has 0 aromatic carbocycles. The molecule has 8 heteroatoms. The summed E-state index contributed by atoms with van der Waals surface area (Å²) < 4.78 is 9.02. The Bertz CT molecular complexity index is 366. The predicted molar refractivity (Wildman–Crippen MR) is 66.5 cm³/mol.